The van der Waals surface area contributed by atoms with Gasteiger partial charge in [-0.15, -0.1) is 0 Å². The van der Waals surface area contributed by atoms with Crippen LogP contribution >= 0.6 is 31.9 Å². The maximum Gasteiger partial charge on any atom is 0.0672 e. The van der Waals surface area contributed by atoms with Crippen molar-refractivity contribution in [3.63, 3.8) is 0 Å². The van der Waals surface area contributed by atoms with Gasteiger partial charge in [-0.25, -0.2) is 0 Å². The predicted octanol–water partition coefficient (Wildman–Crippen LogP) is 4.41. The van der Waals surface area contributed by atoms with E-state index < -0.39 is 0 Å². The van der Waals surface area contributed by atoms with Crippen LogP contribution in [-0.4, -0.2) is 10.2 Å². The Kier molecular flexibility index (Phi) is 3.20. The molecule has 0 saturated heterocycles. The fourth-order valence-corrected chi connectivity index (χ4v) is 3.00. The first-order valence-corrected chi connectivity index (χ1v) is 7.17. The van der Waals surface area contributed by atoms with Gasteiger partial charge >= 0.3 is 0 Å². The molecule has 0 aliphatic heterocycles. The van der Waals surface area contributed by atoms with Crippen molar-refractivity contribution in [2.45, 2.75) is 0 Å². The minimum atomic E-state index is 0.684. The van der Waals surface area contributed by atoms with Gasteiger partial charge in [0.1, 0.15) is 0 Å². The van der Waals surface area contributed by atoms with Crippen LogP contribution in [0.5, 0.6) is 0 Å². The van der Waals surface area contributed by atoms with E-state index in [-0.39, 0.29) is 0 Å². The first-order chi connectivity index (χ1) is 9.13. The number of anilines is 3. The van der Waals surface area contributed by atoms with Crippen molar-refractivity contribution in [3.8, 4) is 0 Å². The summed E-state index contributed by atoms with van der Waals surface area (Å²) in [6.45, 7) is 0. The molecule has 0 unspecified atom stereocenters. The quantitative estimate of drug-likeness (QED) is 0.576. The maximum absolute atomic E-state index is 6.04. The standard InChI is InChI=1S/C13H10Br2N4/c14-8-1-2-11(9(15)4-8)18-13-5-12-7(3-10(13)16)6-17-19-12/h1-6,18H,16H2,(H,17,19). The van der Waals surface area contributed by atoms with Crippen molar-refractivity contribution in [3.05, 3.63) is 45.5 Å². The Morgan fingerprint density at radius 1 is 1.11 bits per heavy atom. The van der Waals surface area contributed by atoms with Crippen LogP contribution in [0.15, 0.2) is 45.5 Å². The van der Waals surface area contributed by atoms with Crippen LogP contribution in [0.25, 0.3) is 10.9 Å². The summed E-state index contributed by atoms with van der Waals surface area (Å²) in [5.41, 5.74) is 9.48. The van der Waals surface area contributed by atoms with Gasteiger partial charge in [-0.05, 0) is 46.3 Å². The number of benzene rings is 2. The molecule has 1 aromatic heterocycles. The van der Waals surface area contributed by atoms with Gasteiger partial charge in [0.2, 0.25) is 0 Å². The summed E-state index contributed by atoms with van der Waals surface area (Å²) in [5.74, 6) is 0. The fraction of sp³-hybridized carbons (Fsp3) is 0. The van der Waals surface area contributed by atoms with Crippen LogP contribution < -0.4 is 11.1 Å². The zero-order chi connectivity index (χ0) is 13.4. The second kappa shape index (κ2) is 4.86. The highest BCUT2D eigenvalue weighted by Gasteiger charge is 2.06. The van der Waals surface area contributed by atoms with Crippen molar-refractivity contribution in [2.75, 3.05) is 11.1 Å². The summed E-state index contributed by atoms with van der Waals surface area (Å²) in [7, 11) is 0. The third-order valence-corrected chi connectivity index (χ3v) is 3.96. The van der Waals surface area contributed by atoms with E-state index in [0.29, 0.717) is 5.69 Å². The molecule has 4 nitrogen and oxygen atoms in total. The molecular formula is C13H10Br2N4. The summed E-state index contributed by atoms with van der Waals surface area (Å²) in [5, 5.41) is 11.2. The van der Waals surface area contributed by atoms with E-state index in [2.05, 4.69) is 47.4 Å². The second-order valence-corrected chi connectivity index (χ2v) is 5.92. The normalized spacial score (nSPS) is 10.8. The van der Waals surface area contributed by atoms with Crippen LogP contribution in [-0.2, 0) is 0 Å². The van der Waals surface area contributed by atoms with Gasteiger partial charge in [-0.2, -0.15) is 5.10 Å². The number of nitrogens with two attached hydrogens (primary N) is 1. The Labute approximate surface area is 126 Å². The Balaban J connectivity index is 2.02. The smallest absolute Gasteiger partial charge is 0.0672 e. The van der Waals surface area contributed by atoms with Crippen LogP contribution in [0.2, 0.25) is 0 Å². The topological polar surface area (TPSA) is 66.7 Å². The molecule has 6 heteroatoms. The number of halogens is 2. The Morgan fingerprint density at radius 3 is 2.74 bits per heavy atom. The first kappa shape index (κ1) is 12.5. The van der Waals surface area contributed by atoms with Crippen molar-refractivity contribution >= 4 is 59.8 Å². The highest BCUT2D eigenvalue weighted by molar-refractivity contribution is 9.11. The lowest BCUT2D eigenvalue weighted by Crippen LogP contribution is -1.97. The average Bonchev–Trinajstić information content (AvgIpc) is 2.80. The van der Waals surface area contributed by atoms with Gasteiger partial charge in [0.15, 0.2) is 0 Å². The second-order valence-electron chi connectivity index (χ2n) is 4.15. The molecule has 2 aromatic carbocycles. The molecular weight excluding hydrogens is 372 g/mol. The fourth-order valence-electron chi connectivity index (χ4n) is 1.85. The zero-order valence-corrected chi connectivity index (χ0v) is 12.9. The maximum atomic E-state index is 6.04. The molecule has 3 rings (SSSR count). The highest BCUT2D eigenvalue weighted by Crippen LogP contribution is 2.32. The molecule has 0 bridgehead atoms. The van der Waals surface area contributed by atoms with Gasteiger partial charge in [0.05, 0.1) is 28.8 Å². The number of nitrogens with one attached hydrogen (secondary N) is 2. The molecule has 3 aromatic rings. The van der Waals surface area contributed by atoms with E-state index in [0.717, 1.165) is 31.2 Å². The number of fused-ring (bicyclic) bond motifs is 1. The van der Waals surface area contributed by atoms with Crippen LogP contribution in [0.1, 0.15) is 0 Å². The monoisotopic (exact) mass is 380 g/mol. The van der Waals surface area contributed by atoms with Crippen molar-refractivity contribution in [1.82, 2.24) is 10.2 Å². The predicted molar refractivity (Wildman–Crippen MR) is 85.6 cm³/mol. The molecule has 0 aliphatic rings. The molecule has 1 heterocycles. The molecule has 0 fully saturated rings. The summed E-state index contributed by atoms with van der Waals surface area (Å²) in [4.78, 5) is 0. The lowest BCUT2D eigenvalue weighted by Gasteiger charge is -2.11. The molecule has 19 heavy (non-hydrogen) atoms. The van der Waals surface area contributed by atoms with Crippen LogP contribution in [0, 0.1) is 0 Å². The molecule has 0 amide bonds. The third-order valence-electron chi connectivity index (χ3n) is 2.81. The lowest BCUT2D eigenvalue weighted by atomic mass is 10.2. The van der Waals surface area contributed by atoms with E-state index >= 15 is 0 Å². The van der Waals surface area contributed by atoms with Crippen LogP contribution in [0.4, 0.5) is 17.1 Å². The molecule has 4 N–H and O–H groups in total. The number of hydrogen-bond donors (Lipinski definition) is 3. The SMILES string of the molecule is Nc1cc2cn[nH]c2cc1Nc1ccc(Br)cc1Br. The van der Waals surface area contributed by atoms with E-state index in [4.69, 9.17) is 5.73 Å². The van der Waals surface area contributed by atoms with E-state index in [1.54, 1.807) is 6.20 Å². The molecule has 0 spiro atoms. The minimum absolute atomic E-state index is 0.684. The number of aromatic amines is 1. The largest absolute Gasteiger partial charge is 0.397 e. The number of H-pyrrole nitrogens is 1. The molecule has 0 aliphatic carbocycles. The van der Waals surface area contributed by atoms with E-state index in [1.165, 1.54) is 0 Å². The van der Waals surface area contributed by atoms with E-state index in [9.17, 15) is 0 Å². The van der Waals surface area contributed by atoms with Gasteiger partial charge < -0.3 is 11.1 Å². The third kappa shape index (κ3) is 2.46. The van der Waals surface area contributed by atoms with Gasteiger partial charge in [-0.3, -0.25) is 5.10 Å². The van der Waals surface area contributed by atoms with Crippen molar-refractivity contribution in [2.24, 2.45) is 0 Å². The number of nitrogen functional groups attached to an aromatic ring is 1. The highest BCUT2D eigenvalue weighted by atomic mass is 79.9. The molecule has 0 saturated carbocycles. The Morgan fingerprint density at radius 2 is 1.95 bits per heavy atom. The van der Waals surface area contributed by atoms with Gasteiger partial charge in [0.25, 0.3) is 0 Å². The summed E-state index contributed by atoms with van der Waals surface area (Å²) >= 11 is 6.95. The molecule has 96 valence electrons. The number of rotatable bonds is 2. The summed E-state index contributed by atoms with van der Waals surface area (Å²) < 4.78 is 1.98. The Bertz CT molecular complexity index is 751. The van der Waals surface area contributed by atoms with Crippen molar-refractivity contribution in [1.29, 1.82) is 0 Å². The van der Waals surface area contributed by atoms with Gasteiger partial charge in [0, 0.05) is 14.3 Å². The lowest BCUT2D eigenvalue weighted by molar-refractivity contribution is 1.12. The van der Waals surface area contributed by atoms with E-state index in [1.807, 2.05) is 30.3 Å². The molecule has 0 atom stereocenters. The summed E-state index contributed by atoms with van der Waals surface area (Å²) in [6.07, 6.45) is 1.75. The molecule has 0 radical (unpaired) electrons. The zero-order valence-electron chi connectivity index (χ0n) is 9.74. The number of hydrogen-bond acceptors (Lipinski definition) is 3. The minimum Gasteiger partial charge on any atom is -0.397 e. The Hall–Kier alpha value is -1.53. The van der Waals surface area contributed by atoms with Crippen LogP contribution in [0.3, 0.4) is 0 Å². The number of aromatic nitrogens is 2. The average molecular weight is 382 g/mol. The van der Waals surface area contributed by atoms with Crippen molar-refractivity contribution < 1.29 is 0 Å². The van der Waals surface area contributed by atoms with Gasteiger partial charge in [-0.1, -0.05) is 15.9 Å². The number of nitrogens with zero attached hydrogens (tertiary/aromatic N) is 1. The summed E-state index contributed by atoms with van der Waals surface area (Å²) in [6, 6.07) is 9.77. The first-order valence-electron chi connectivity index (χ1n) is 5.58.